The van der Waals surface area contributed by atoms with Gasteiger partial charge >= 0.3 is 6.03 Å². The zero-order chi connectivity index (χ0) is 13.1. The Morgan fingerprint density at radius 3 is 2.94 bits per heavy atom. The Labute approximate surface area is 106 Å². The van der Waals surface area contributed by atoms with Gasteiger partial charge < -0.3 is 15.9 Å². The van der Waals surface area contributed by atoms with Gasteiger partial charge in [0.25, 0.3) is 5.22 Å². The first-order chi connectivity index (χ1) is 8.54. The number of primary amides is 1. The molecule has 0 bridgehead atoms. The molecule has 5 N–H and O–H groups in total. The zero-order valence-electron chi connectivity index (χ0n) is 9.17. The van der Waals surface area contributed by atoms with E-state index in [1.54, 1.807) is 18.2 Å². The fraction of sp³-hybridized carbons (Fsp3) is 0.100. The van der Waals surface area contributed by atoms with Crippen LogP contribution in [0.1, 0.15) is 0 Å². The van der Waals surface area contributed by atoms with Crippen LogP contribution in [0.5, 0.6) is 0 Å². The van der Waals surface area contributed by atoms with Gasteiger partial charge in [-0.05, 0) is 18.2 Å². The molecule has 3 amide bonds. The second-order valence-electron chi connectivity index (χ2n) is 3.41. The van der Waals surface area contributed by atoms with Crippen molar-refractivity contribution in [3.05, 3.63) is 18.2 Å². The number of carbonyl (C=O) groups is 2. The zero-order valence-corrected chi connectivity index (χ0v) is 9.99. The van der Waals surface area contributed by atoms with Crippen LogP contribution < -0.4 is 16.8 Å². The summed E-state index contributed by atoms with van der Waals surface area (Å²) in [4.78, 5) is 25.7. The lowest BCUT2D eigenvalue weighted by Gasteiger charge is -1.97. The number of rotatable bonds is 3. The molecule has 2 aromatic rings. The number of urea groups is 1. The van der Waals surface area contributed by atoms with Crippen molar-refractivity contribution >= 4 is 40.5 Å². The van der Waals surface area contributed by atoms with Crippen LogP contribution >= 0.6 is 11.8 Å². The summed E-state index contributed by atoms with van der Waals surface area (Å²) in [6.45, 7) is 0. The Balaban J connectivity index is 2.04. The molecule has 0 radical (unpaired) electrons. The van der Waals surface area contributed by atoms with Crippen molar-refractivity contribution in [3.63, 3.8) is 0 Å². The van der Waals surface area contributed by atoms with Crippen LogP contribution in [0.2, 0.25) is 0 Å². The molecule has 0 unspecified atom stereocenters. The summed E-state index contributed by atoms with van der Waals surface area (Å²) in [5.41, 5.74) is 12.2. The van der Waals surface area contributed by atoms with Crippen molar-refractivity contribution < 1.29 is 14.0 Å². The monoisotopic (exact) mass is 266 g/mol. The minimum absolute atomic E-state index is 0.00869. The highest BCUT2D eigenvalue weighted by atomic mass is 32.2. The Kier molecular flexibility index (Phi) is 3.38. The molecule has 1 heterocycles. The van der Waals surface area contributed by atoms with Crippen LogP contribution in [0, 0.1) is 0 Å². The van der Waals surface area contributed by atoms with E-state index in [2.05, 4.69) is 4.98 Å². The number of nitrogens with zero attached hydrogens (tertiary/aromatic N) is 1. The summed E-state index contributed by atoms with van der Waals surface area (Å²) in [6, 6.07) is 4.19. The molecule has 2 rings (SSSR count). The third kappa shape index (κ3) is 2.92. The van der Waals surface area contributed by atoms with E-state index in [-0.39, 0.29) is 5.75 Å². The topological polar surface area (TPSA) is 124 Å². The molecule has 0 spiro atoms. The molecule has 0 aliphatic carbocycles. The predicted octanol–water partition coefficient (Wildman–Crippen LogP) is 0.697. The van der Waals surface area contributed by atoms with Crippen LogP contribution in [0.3, 0.4) is 0 Å². The number of amides is 3. The second-order valence-corrected chi connectivity index (χ2v) is 4.33. The quantitative estimate of drug-likeness (QED) is 0.554. The normalized spacial score (nSPS) is 10.4. The van der Waals surface area contributed by atoms with Crippen molar-refractivity contribution in [2.45, 2.75) is 5.22 Å². The number of hydrogen-bond acceptors (Lipinski definition) is 6. The molecule has 1 aromatic carbocycles. The number of hydrogen-bond donors (Lipinski definition) is 3. The first-order valence-corrected chi connectivity index (χ1v) is 5.91. The maximum absolute atomic E-state index is 11.2. The van der Waals surface area contributed by atoms with Crippen LogP contribution in [-0.2, 0) is 4.79 Å². The van der Waals surface area contributed by atoms with Crippen molar-refractivity contribution in [1.29, 1.82) is 0 Å². The highest BCUT2D eigenvalue weighted by molar-refractivity contribution is 7.99. The van der Waals surface area contributed by atoms with E-state index in [1.165, 1.54) is 0 Å². The summed E-state index contributed by atoms with van der Waals surface area (Å²) in [7, 11) is 0. The Bertz CT molecular complexity index is 610. The Hall–Kier alpha value is -2.22. The second kappa shape index (κ2) is 4.96. The number of carbonyl (C=O) groups excluding carboxylic acids is 2. The SMILES string of the molecule is NC(=O)NC(=O)CSc1nc2cc(N)ccc2o1. The minimum Gasteiger partial charge on any atom is -0.431 e. The van der Waals surface area contributed by atoms with Crippen molar-refractivity contribution in [2.24, 2.45) is 5.73 Å². The van der Waals surface area contributed by atoms with Gasteiger partial charge in [0.05, 0.1) is 5.75 Å². The number of benzene rings is 1. The molecule has 0 saturated carbocycles. The number of nitrogen functional groups attached to an aromatic ring is 1. The van der Waals surface area contributed by atoms with E-state index in [9.17, 15) is 9.59 Å². The van der Waals surface area contributed by atoms with E-state index in [0.717, 1.165) is 11.8 Å². The Morgan fingerprint density at radius 2 is 2.22 bits per heavy atom. The van der Waals surface area contributed by atoms with Crippen molar-refractivity contribution in [2.75, 3.05) is 11.5 Å². The molecule has 7 nitrogen and oxygen atoms in total. The molecule has 0 fully saturated rings. The van der Waals surface area contributed by atoms with Gasteiger partial charge in [0.2, 0.25) is 5.91 Å². The van der Waals surface area contributed by atoms with Gasteiger partial charge in [-0.2, -0.15) is 0 Å². The summed E-state index contributed by atoms with van der Waals surface area (Å²) < 4.78 is 5.38. The predicted molar refractivity (Wildman–Crippen MR) is 66.9 cm³/mol. The van der Waals surface area contributed by atoms with E-state index in [0.29, 0.717) is 22.0 Å². The number of nitrogens with one attached hydrogen (secondary N) is 1. The van der Waals surface area contributed by atoms with Gasteiger partial charge in [0.1, 0.15) is 5.52 Å². The maximum Gasteiger partial charge on any atom is 0.318 e. The average molecular weight is 266 g/mol. The minimum atomic E-state index is -0.883. The first kappa shape index (κ1) is 12.2. The fourth-order valence-corrected chi connectivity index (χ4v) is 1.92. The number of nitrogens with two attached hydrogens (primary N) is 2. The van der Waals surface area contributed by atoms with Gasteiger partial charge in [-0.1, -0.05) is 11.8 Å². The maximum atomic E-state index is 11.2. The molecule has 0 aliphatic heterocycles. The van der Waals surface area contributed by atoms with Gasteiger partial charge in [-0.25, -0.2) is 9.78 Å². The summed E-state index contributed by atoms with van der Waals surface area (Å²) in [5, 5.41) is 2.27. The number of oxazole rings is 1. The average Bonchev–Trinajstić information content (AvgIpc) is 2.67. The van der Waals surface area contributed by atoms with E-state index < -0.39 is 11.9 Å². The van der Waals surface area contributed by atoms with Crippen LogP contribution in [0.15, 0.2) is 27.8 Å². The van der Waals surface area contributed by atoms with E-state index >= 15 is 0 Å². The molecule has 0 aliphatic rings. The lowest BCUT2D eigenvalue weighted by atomic mass is 10.3. The van der Waals surface area contributed by atoms with Crippen LogP contribution in [0.4, 0.5) is 10.5 Å². The van der Waals surface area contributed by atoms with Crippen molar-refractivity contribution in [1.82, 2.24) is 10.3 Å². The summed E-state index contributed by atoms with van der Waals surface area (Å²) >= 11 is 1.06. The number of anilines is 1. The molecular formula is C10H10N4O3S. The molecule has 0 saturated heterocycles. The molecule has 1 aromatic heterocycles. The number of thioether (sulfide) groups is 1. The molecular weight excluding hydrogens is 256 g/mol. The number of imide groups is 1. The lowest BCUT2D eigenvalue weighted by molar-refractivity contribution is -0.117. The molecule has 8 heteroatoms. The first-order valence-electron chi connectivity index (χ1n) is 4.93. The van der Waals surface area contributed by atoms with Gasteiger partial charge in [0, 0.05) is 5.69 Å². The smallest absolute Gasteiger partial charge is 0.318 e. The summed E-state index contributed by atoms with van der Waals surface area (Å²) in [6.07, 6.45) is 0. The highest BCUT2D eigenvalue weighted by Gasteiger charge is 2.10. The lowest BCUT2D eigenvalue weighted by Crippen LogP contribution is -2.36. The van der Waals surface area contributed by atoms with Gasteiger partial charge in [-0.3, -0.25) is 10.1 Å². The third-order valence-corrected chi connectivity index (χ3v) is 2.81. The van der Waals surface area contributed by atoms with E-state index in [4.69, 9.17) is 15.9 Å². The van der Waals surface area contributed by atoms with E-state index in [1.807, 2.05) is 5.32 Å². The van der Waals surface area contributed by atoms with Gasteiger partial charge in [0.15, 0.2) is 5.58 Å². The highest BCUT2D eigenvalue weighted by Crippen LogP contribution is 2.24. The fourth-order valence-electron chi connectivity index (χ4n) is 1.29. The van der Waals surface area contributed by atoms with Gasteiger partial charge in [-0.15, -0.1) is 0 Å². The van der Waals surface area contributed by atoms with Crippen LogP contribution in [0.25, 0.3) is 11.1 Å². The summed E-state index contributed by atoms with van der Waals surface area (Å²) in [5.74, 6) is -0.514. The molecule has 0 atom stereocenters. The molecule has 18 heavy (non-hydrogen) atoms. The number of fused-ring (bicyclic) bond motifs is 1. The standard InChI is InChI=1S/C10H10N4O3S/c11-5-1-2-7-6(3-5)13-10(17-7)18-4-8(15)14-9(12)16/h1-3H,4,11H2,(H3,12,14,15,16). The molecule has 94 valence electrons. The largest absolute Gasteiger partial charge is 0.431 e. The Morgan fingerprint density at radius 1 is 1.44 bits per heavy atom. The van der Waals surface area contributed by atoms with Crippen molar-refractivity contribution in [3.8, 4) is 0 Å². The van der Waals surface area contributed by atoms with Crippen LogP contribution in [-0.4, -0.2) is 22.7 Å². The number of aromatic nitrogens is 1. The third-order valence-electron chi connectivity index (χ3n) is 1.98.